The molecule has 16 heavy (non-hydrogen) atoms. The second-order valence-electron chi connectivity index (χ2n) is 3.94. The summed E-state index contributed by atoms with van der Waals surface area (Å²) in [5, 5.41) is 12.0. The highest BCUT2D eigenvalue weighted by Gasteiger charge is 2.05. The fourth-order valence-corrected chi connectivity index (χ4v) is 1.61. The van der Waals surface area contributed by atoms with E-state index < -0.39 is 0 Å². The van der Waals surface area contributed by atoms with Crippen LogP contribution < -0.4 is 11.1 Å². The molecule has 0 aliphatic carbocycles. The quantitative estimate of drug-likeness (QED) is 0.652. The summed E-state index contributed by atoms with van der Waals surface area (Å²) >= 11 is 0. The Morgan fingerprint density at radius 3 is 2.75 bits per heavy atom. The maximum Gasteiger partial charge on any atom is 0.127 e. The van der Waals surface area contributed by atoms with E-state index >= 15 is 0 Å². The fraction of sp³-hybridized carbons (Fsp3) is 0.500. The van der Waals surface area contributed by atoms with Gasteiger partial charge in [-0.05, 0) is 30.5 Å². The van der Waals surface area contributed by atoms with Gasteiger partial charge >= 0.3 is 0 Å². The lowest BCUT2D eigenvalue weighted by molar-refractivity contribution is 0.258. The number of nitrogens with one attached hydrogen (secondary N) is 1. The molecule has 1 aromatic carbocycles. The van der Waals surface area contributed by atoms with Crippen molar-refractivity contribution in [3.05, 3.63) is 24.0 Å². The Kier molecular flexibility index (Phi) is 5.05. The summed E-state index contributed by atoms with van der Waals surface area (Å²) in [6, 6.07) is 4.41. The molecule has 1 rings (SSSR count). The van der Waals surface area contributed by atoms with Gasteiger partial charge in [-0.2, -0.15) is 0 Å². The van der Waals surface area contributed by atoms with E-state index in [1.54, 1.807) is 6.07 Å². The van der Waals surface area contributed by atoms with Gasteiger partial charge in [-0.25, -0.2) is 4.39 Å². The van der Waals surface area contributed by atoms with E-state index in [2.05, 4.69) is 12.2 Å². The summed E-state index contributed by atoms with van der Waals surface area (Å²) in [5.41, 5.74) is 6.64. The van der Waals surface area contributed by atoms with Gasteiger partial charge in [0.1, 0.15) is 5.82 Å². The molecule has 0 aliphatic rings. The largest absolute Gasteiger partial charge is 0.399 e. The molecule has 1 atom stereocenters. The molecule has 4 N–H and O–H groups in total. The number of aliphatic hydroxyl groups is 1. The number of hydrogen-bond donors (Lipinski definition) is 3. The highest BCUT2D eigenvalue weighted by atomic mass is 19.1. The van der Waals surface area contributed by atoms with Crippen LogP contribution in [0.2, 0.25) is 0 Å². The summed E-state index contributed by atoms with van der Waals surface area (Å²) in [5.74, 6) is 0.0622. The zero-order chi connectivity index (χ0) is 12.0. The zero-order valence-electron chi connectivity index (χ0n) is 9.54. The van der Waals surface area contributed by atoms with Crippen molar-refractivity contribution in [1.82, 2.24) is 0 Å². The van der Waals surface area contributed by atoms with Crippen molar-refractivity contribution >= 4 is 11.4 Å². The van der Waals surface area contributed by atoms with Crippen LogP contribution in [0.1, 0.15) is 19.8 Å². The predicted octanol–water partition coefficient (Wildman–Crippen LogP) is 2.23. The number of anilines is 2. The molecule has 0 aromatic heterocycles. The van der Waals surface area contributed by atoms with Crippen LogP contribution in [0, 0.1) is 11.7 Å². The highest BCUT2D eigenvalue weighted by Crippen LogP contribution is 2.17. The van der Waals surface area contributed by atoms with Gasteiger partial charge in [0.2, 0.25) is 0 Å². The molecule has 0 amide bonds. The van der Waals surface area contributed by atoms with Gasteiger partial charge < -0.3 is 16.2 Å². The SMILES string of the molecule is CCC(CCO)CNc1cc(N)cc(F)c1. The Labute approximate surface area is 95.5 Å². The normalized spacial score (nSPS) is 12.4. The van der Waals surface area contributed by atoms with Crippen molar-refractivity contribution in [3.8, 4) is 0 Å². The molecule has 1 unspecified atom stereocenters. The van der Waals surface area contributed by atoms with Crippen molar-refractivity contribution in [2.45, 2.75) is 19.8 Å². The van der Waals surface area contributed by atoms with E-state index in [0.29, 0.717) is 17.3 Å². The van der Waals surface area contributed by atoms with Crippen molar-refractivity contribution in [1.29, 1.82) is 0 Å². The molecule has 0 heterocycles. The maximum absolute atomic E-state index is 13.0. The van der Waals surface area contributed by atoms with Crippen LogP contribution in [-0.4, -0.2) is 18.3 Å². The fourth-order valence-electron chi connectivity index (χ4n) is 1.61. The minimum atomic E-state index is -0.335. The van der Waals surface area contributed by atoms with Crippen molar-refractivity contribution < 1.29 is 9.50 Å². The number of hydrogen-bond acceptors (Lipinski definition) is 3. The lowest BCUT2D eigenvalue weighted by Crippen LogP contribution is -2.15. The first-order chi connectivity index (χ1) is 7.65. The molecule has 3 nitrogen and oxygen atoms in total. The topological polar surface area (TPSA) is 58.3 Å². The third kappa shape index (κ3) is 4.06. The van der Waals surface area contributed by atoms with Crippen LogP contribution in [0.15, 0.2) is 18.2 Å². The molecule has 0 saturated carbocycles. The number of aliphatic hydroxyl groups excluding tert-OH is 1. The van der Waals surface area contributed by atoms with Crippen LogP contribution in [-0.2, 0) is 0 Å². The summed E-state index contributed by atoms with van der Waals surface area (Å²) in [6.07, 6.45) is 1.74. The Morgan fingerprint density at radius 1 is 1.44 bits per heavy atom. The van der Waals surface area contributed by atoms with E-state index in [9.17, 15) is 4.39 Å². The van der Waals surface area contributed by atoms with Crippen molar-refractivity contribution in [3.63, 3.8) is 0 Å². The standard InChI is InChI=1S/C12H19FN2O/c1-2-9(3-4-16)8-15-12-6-10(13)5-11(14)7-12/h5-7,9,15-16H,2-4,8,14H2,1H3. The summed E-state index contributed by atoms with van der Waals surface area (Å²) in [4.78, 5) is 0. The lowest BCUT2D eigenvalue weighted by atomic mass is 10.0. The molecular weight excluding hydrogens is 207 g/mol. The number of halogens is 1. The molecule has 0 fully saturated rings. The van der Waals surface area contributed by atoms with Gasteiger partial charge in [-0.3, -0.25) is 0 Å². The Morgan fingerprint density at radius 2 is 2.19 bits per heavy atom. The minimum Gasteiger partial charge on any atom is -0.399 e. The van der Waals surface area contributed by atoms with E-state index in [0.717, 1.165) is 19.4 Å². The Bertz CT molecular complexity index is 311. The van der Waals surface area contributed by atoms with E-state index in [1.165, 1.54) is 12.1 Å². The van der Waals surface area contributed by atoms with Gasteiger partial charge in [0.05, 0.1) is 0 Å². The Balaban J connectivity index is 2.52. The second-order valence-corrected chi connectivity index (χ2v) is 3.94. The number of rotatable bonds is 6. The van der Waals surface area contributed by atoms with Crippen molar-refractivity contribution in [2.24, 2.45) is 5.92 Å². The van der Waals surface area contributed by atoms with Crippen LogP contribution in [0.5, 0.6) is 0 Å². The first-order valence-corrected chi connectivity index (χ1v) is 5.56. The maximum atomic E-state index is 13.0. The molecule has 4 heteroatoms. The van der Waals surface area contributed by atoms with Gasteiger partial charge in [0, 0.05) is 24.5 Å². The van der Waals surface area contributed by atoms with E-state index in [1.807, 2.05) is 0 Å². The summed E-state index contributed by atoms with van der Waals surface area (Å²) in [7, 11) is 0. The average molecular weight is 226 g/mol. The molecule has 90 valence electrons. The number of benzene rings is 1. The van der Waals surface area contributed by atoms with Crippen LogP contribution in [0.25, 0.3) is 0 Å². The second kappa shape index (κ2) is 6.33. The Hall–Kier alpha value is -1.29. The van der Waals surface area contributed by atoms with Crippen LogP contribution in [0.4, 0.5) is 15.8 Å². The molecule has 0 aliphatic heterocycles. The van der Waals surface area contributed by atoms with Gasteiger partial charge in [-0.1, -0.05) is 13.3 Å². The molecule has 1 aromatic rings. The monoisotopic (exact) mass is 226 g/mol. The molecule has 0 radical (unpaired) electrons. The van der Waals surface area contributed by atoms with Gasteiger partial charge in [0.15, 0.2) is 0 Å². The van der Waals surface area contributed by atoms with E-state index in [4.69, 9.17) is 10.8 Å². The third-order valence-electron chi connectivity index (χ3n) is 2.63. The summed E-state index contributed by atoms with van der Waals surface area (Å²) < 4.78 is 13.0. The molecule has 0 saturated heterocycles. The lowest BCUT2D eigenvalue weighted by Gasteiger charge is -2.15. The van der Waals surface area contributed by atoms with Crippen molar-refractivity contribution in [2.75, 3.05) is 24.2 Å². The number of nitrogen functional groups attached to an aromatic ring is 1. The van der Waals surface area contributed by atoms with E-state index in [-0.39, 0.29) is 12.4 Å². The number of nitrogens with two attached hydrogens (primary N) is 1. The smallest absolute Gasteiger partial charge is 0.127 e. The zero-order valence-corrected chi connectivity index (χ0v) is 9.54. The highest BCUT2D eigenvalue weighted by molar-refractivity contribution is 5.54. The third-order valence-corrected chi connectivity index (χ3v) is 2.63. The van der Waals surface area contributed by atoms with Crippen LogP contribution in [0.3, 0.4) is 0 Å². The molecular formula is C12H19FN2O. The predicted molar refractivity (Wildman–Crippen MR) is 64.8 cm³/mol. The first kappa shape index (κ1) is 12.8. The van der Waals surface area contributed by atoms with Crippen LogP contribution >= 0.6 is 0 Å². The average Bonchev–Trinajstić information content (AvgIpc) is 2.23. The minimum absolute atomic E-state index is 0.186. The molecule has 0 spiro atoms. The first-order valence-electron chi connectivity index (χ1n) is 5.56. The van der Waals surface area contributed by atoms with Gasteiger partial charge in [-0.15, -0.1) is 0 Å². The summed E-state index contributed by atoms with van der Waals surface area (Å²) in [6.45, 7) is 2.98. The van der Waals surface area contributed by atoms with Gasteiger partial charge in [0.25, 0.3) is 0 Å². The molecule has 0 bridgehead atoms.